The van der Waals surface area contributed by atoms with Crippen LogP contribution in [0.5, 0.6) is 5.75 Å². The second kappa shape index (κ2) is 16.6. The normalized spacial score (nSPS) is 14.5. The van der Waals surface area contributed by atoms with Gasteiger partial charge in [0.1, 0.15) is 12.4 Å². The second-order valence-corrected chi connectivity index (χ2v) is 13.1. The zero-order chi connectivity index (χ0) is 34.0. The number of nitrogens with zero attached hydrogens (tertiary/aromatic N) is 1. The third kappa shape index (κ3) is 8.86. The second-order valence-electron chi connectivity index (χ2n) is 13.1. The predicted octanol–water partition coefficient (Wildman–Crippen LogP) is 8.10. The highest BCUT2D eigenvalue weighted by Crippen LogP contribution is 2.38. The summed E-state index contributed by atoms with van der Waals surface area (Å²) in [6.07, 6.45) is 5.61. The number of hydrogen-bond acceptors (Lipinski definition) is 4. The van der Waals surface area contributed by atoms with Crippen LogP contribution in [0, 0.1) is 0 Å². The Morgan fingerprint density at radius 2 is 1.39 bits per heavy atom. The molecule has 5 aromatic rings. The Morgan fingerprint density at radius 1 is 0.735 bits per heavy atom. The van der Waals surface area contributed by atoms with Crippen LogP contribution in [0.4, 0.5) is 0 Å². The summed E-state index contributed by atoms with van der Waals surface area (Å²) >= 11 is 0. The van der Waals surface area contributed by atoms with Gasteiger partial charge in [0.2, 0.25) is 0 Å². The Bertz CT molecular complexity index is 1800. The molecule has 6 rings (SSSR count). The number of carboxylic acid groups (broad SMARTS) is 1. The number of methoxy groups -OCH3 is 1. The molecule has 0 radical (unpaired) electrons. The van der Waals surface area contributed by atoms with E-state index in [1.165, 1.54) is 51.6 Å². The predicted molar refractivity (Wildman–Crippen MR) is 197 cm³/mol. The lowest BCUT2D eigenvalue weighted by Crippen LogP contribution is -2.30. The van der Waals surface area contributed by atoms with Gasteiger partial charge in [0.15, 0.2) is 6.10 Å². The number of likely N-dealkylation sites (N-methyl/N-ethyl adjacent to an activating group) is 1. The molecule has 1 aliphatic carbocycles. The van der Waals surface area contributed by atoms with E-state index in [1.54, 1.807) is 0 Å². The van der Waals surface area contributed by atoms with E-state index in [4.69, 9.17) is 9.47 Å². The topological polar surface area (TPSA) is 59.0 Å². The van der Waals surface area contributed by atoms with Crippen molar-refractivity contribution >= 4 is 5.97 Å². The maximum Gasteiger partial charge on any atom is 0.333 e. The number of benzene rings is 5. The smallest absolute Gasteiger partial charge is 0.333 e. The standard InChI is InChI=1S/C44H47NO4/c1-45(28-29-49-38-25-20-35(21-26-38)31-42(48-2)44(46)47)43-40-15-9-14-36(22-18-33-12-7-4-8-13-33)39(40)27-24-37-23-19-34(30-41(37)43)17-16-32-10-5-3-6-11-32/h3-15,19-21,23,25-26,30,42-43H,16-18,22,24,27-29,31H2,1-2H3,(H,46,47). The van der Waals surface area contributed by atoms with Gasteiger partial charge < -0.3 is 14.6 Å². The highest BCUT2D eigenvalue weighted by Gasteiger charge is 2.28. The molecular formula is C44H47NO4. The minimum Gasteiger partial charge on any atom is -0.492 e. The number of aryl methyl sites for hydroxylation is 5. The first-order valence-electron chi connectivity index (χ1n) is 17.5. The monoisotopic (exact) mass is 653 g/mol. The van der Waals surface area contributed by atoms with Crippen LogP contribution in [-0.2, 0) is 54.5 Å². The van der Waals surface area contributed by atoms with Gasteiger partial charge in [-0.2, -0.15) is 0 Å². The lowest BCUT2D eigenvalue weighted by Gasteiger charge is -2.31. The highest BCUT2D eigenvalue weighted by molar-refractivity contribution is 5.72. The fourth-order valence-electron chi connectivity index (χ4n) is 7.13. The van der Waals surface area contributed by atoms with E-state index in [9.17, 15) is 9.90 Å². The molecule has 0 amide bonds. The highest BCUT2D eigenvalue weighted by atomic mass is 16.5. The van der Waals surface area contributed by atoms with Gasteiger partial charge in [-0.05, 0) is 108 Å². The maximum atomic E-state index is 11.4. The molecular weight excluding hydrogens is 606 g/mol. The molecule has 1 N–H and O–H groups in total. The summed E-state index contributed by atoms with van der Waals surface area (Å²) in [5.41, 5.74) is 12.2. The number of ether oxygens (including phenoxy) is 2. The summed E-state index contributed by atoms with van der Waals surface area (Å²) < 4.78 is 11.3. The molecule has 2 atom stereocenters. The van der Waals surface area contributed by atoms with Crippen LogP contribution in [0.25, 0.3) is 0 Å². The van der Waals surface area contributed by atoms with Crippen molar-refractivity contribution in [3.63, 3.8) is 0 Å². The molecule has 5 aromatic carbocycles. The van der Waals surface area contributed by atoms with Gasteiger partial charge in [-0.15, -0.1) is 0 Å². The summed E-state index contributed by atoms with van der Waals surface area (Å²) in [6.45, 7) is 1.28. The molecule has 0 bridgehead atoms. The molecule has 0 fully saturated rings. The van der Waals surface area contributed by atoms with E-state index < -0.39 is 12.1 Å². The zero-order valence-electron chi connectivity index (χ0n) is 28.7. The van der Waals surface area contributed by atoms with Gasteiger partial charge >= 0.3 is 5.97 Å². The van der Waals surface area contributed by atoms with Gasteiger partial charge in [0, 0.05) is 20.1 Å². The number of fused-ring (bicyclic) bond motifs is 2. The minimum absolute atomic E-state index is 0.119. The van der Waals surface area contributed by atoms with Crippen molar-refractivity contribution in [2.45, 2.75) is 57.1 Å². The number of carbonyl (C=O) groups is 1. The Kier molecular flexibility index (Phi) is 11.6. The molecule has 0 heterocycles. The van der Waals surface area contributed by atoms with E-state index in [0.717, 1.165) is 56.4 Å². The molecule has 0 saturated heterocycles. The Hall–Kier alpha value is -4.71. The first-order chi connectivity index (χ1) is 24.0. The lowest BCUT2D eigenvalue weighted by molar-refractivity contribution is -0.148. The SMILES string of the molecule is COC(Cc1ccc(OCCN(C)C2c3cc(CCc4ccccc4)ccc3CCc3c(CCc4ccccc4)cccc32)cc1)C(=O)O. The fourth-order valence-corrected chi connectivity index (χ4v) is 7.13. The molecule has 0 saturated carbocycles. The lowest BCUT2D eigenvalue weighted by atomic mass is 9.88. The van der Waals surface area contributed by atoms with E-state index in [-0.39, 0.29) is 6.04 Å². The Morgan fingerprint density at radius 3 is 2.06 bits per heavy atom. The van der Waals surface area contributed by atoms with Crippen LogP contribution in [0.1, 0.15) is 56.1 Å². The van der Waals surface area contributed by atoms with Crippen LogP contribution in [0.2, 0.25) is 0 Å². The molecule has 0 aliphatic heterocycles. The quantitative estimate of drug-likeness (QED) is 0.124. The van der Waals surface area contributed by atoms with Crippen molar-refractivity contribution in [2.75, 3.05) is 27.3 Å². The molecule has 49 heavy (non-hydrogen) atoms. The summed E-state index contributed by atoms with van der Waals surface area (Å²) in [7, 11) is 3.65. The third-order valence-electron chi connectivity index (χ3n) is 9.88. The summed E-state index contributed by atoms with van der Waals surface area (Å²) in [6, 6.07) is 43.4. The summed E-state index contributed by atoms with van der Waals surface area (Å²) in [5, 5.41) is 9.33. The van der Waals surface area contributed by atoms with Crippen LogP contribution >= 0.6 is 0 Å². The Labute approximate surface area is 291 Å². The van der Waals surface area contributed by atoms with Crippen LogP contribution in [0.15, 0.2) is 121 Å². The van der Waals surface area contributed by atoms with Gasteiger partial charge in [0.05, 0.1) is 6.04 Å². The van der Waals surface area contributed by atoms with Crippen molar-refractivity contribution in [1.82, 2.24) is 4.90 Å². The molecule has 0 spiro atoms. The molecule has 2 unspecified atom stereocenters. The molecule has 1 aliphatic rings. The van der Waals surface area contributed by atoms with Crippen molar-refractivity contribution in [2.24, 2.45) is 0 Å². The van der Waals surface area contributed by atoms with Crippen molar-refractivity contribution in [1.29, 1.82) is 0 Å². The van der Waals surface area contributed by atoms with Gasteiger partial charge in [-0.3, -0.25) is 4.90 Å². The van der Waals surface area contributed by atoms with Crippen molar-refractivity contribution in [3.8, 4) is 5.75 Å². The van der Waals surface area contributed by atoms with E-state index in [2.05, 4.69) is 109 Å². The van der Waals surface area contributed by atoms with E-state index >= 15 is 0 Å². The number of aliphatic carboxylic acids is 1. The van der Waals surface area contributed by atoms with E-state index in [0.29, 0.717) is 13.0 Å². The Balaban J connectivity index is 1.22. The first kappa shape index (κ1) is 34.2. The van der Waals surface area contributed by atoms with E-state index in [1.807, 2.05) is 24.3 Å². The average Bonchev–Trinajstić information content (AvgIpc) is 3.30. The van der Waals surface area contributed by atoms with Gasteiger partial charge in [-0.25, -0.2) is 4.79 Å². The number of hydrogen-bond donors (Lipinski definition) is 1. The number of rotatable bonds is 15. The fraction of sp³-hybridized carbons (Fsp3) is 0.295. The van der Waals surface area contributed by atoms with Crippen LogP contribution < -0.4 is 4.74 Å². The average molecular weight is 654 g/mol. The molecule has 5 heteroatoms. The molecule has 0 aromatic heterocycles. The maximum absolute atomic E-state index is 11.4. The zero-order valence-corrected chi connectivity index (χ0v) is 28.7. The molecule has 5 nitrogen and oxygen atoms in total. The third-order valence-corrected chi connectivity index (χ3v) is 9.88. The molecule has 252 valence electrons. The first-order valence-corrected chi connectivity index (χ1v) is 17.5. The van der Waals surface area contributed by atoms with Gasteiger partial charge in [0.25, 0.3) is 0 Å². The van der Waals surface area contributed by atoms with Crippen LogP contribution in [-0.4, -0.2) is 49.4 Å². The number of carboxylic acids is 1. The van der Waals surface area contributed by atoms with Gasteiger partial charge in [-0.1, -0.05) is 109 Å². The summed E-state index contributed by atoms with van der Waals surface area (Å²) in [4.78, 5) is 13.8. The van der Waals surface area contributed by atoms with Crippen molar-refractivity contribution < 1.29 is 19.4 Å². The van der Waals surface area contributed by atoms with Crippen LogP contribution in [0.3, 0.4) is 0 Å². The van der Waals surface area contributed by atoms with Crippen molar-refractivity contribution in [3.05, 3.63) is 171 Å². The minimum atomic E-state index is -0.959. The summed E-state index contributed by atoms with van der Waals surface area (Å²) in [5.74, 6) is -0.186. The largest absolute Gasteiger partial charge is 0.492 e.